The van der Waals surface area contributed by atoms with Gasteiger partial charge in [0.25, 0.3) is 0 Å². The zero-order chi connectivity index (χ0) is 13.2. The molecule has 5 nitrogen and oxygen atoms in total. The van der Waals surface area contributed by atoms with Crippen molar-refractivity contribution >= 4 is 22.1 Å². The summed E-state index contributed by atoms with van der Waals surface area (Å²) in [6, 6.07) is 5.93. The Morgan fingerprint density at radius 3 is 2.95 bits per heavy atom. The molecule has 0 aliphatic heterocycles. The first kappa shape index (κ1) is 11.5. The topological polar surface area (TPSA) is 79.6 Å². The molecule has 0 unspecified atom stereocenters. The van der Waals surface area contributed by atoms with Crippen LogP contribution in [0.3, 0.4) is 0 Å². The summed E-state index contributed by atoms with van der Waals surface area (Å²) in [5, 5.41) is 12.3. The fourth-order valence-corrected chi connectivity index (χ4v) is 2.09. The first-order chi connectivity index (χ1) is 9.25. The van der Waals surface area contributed by atoms with Gasteiger partial charge in [-0.15, -0.1) is 0 Å². The van der Waals surface area contributed by atoms with Crippen LogP contribution in [0.5, 0.6) is 0 Å². The molecule has 96 valence electrons. The Morgan fingerprint density at radius 2 is 2.16 bits per heavy atom. The smallest absolute Gasteiger partial charge is 0.0630 e. The maximum Gasteiger partial charge on any atom is 0.0630 e. The number of fused-ring (bicyclic) bond motifs is 1. The quantitative estimate of drug-likeness (QED) is 0.626. The van der Waals surface area contributed by atoms with Crippen molar-refractivity contribution in [1.82, 2.24) is 15.2 Å². The number of nitrogen functional groups attached to an aromatic ring is 1. The second-order valence-electron chi connectivity index (χ2n) is 4.50. The lowest BCUT2D eigenvalue weighted by Gasteiger charge is -2.11. The van der Waals surface area contributed by atoms with Gasteiger partial charge in [0.1, 0.15) is 0 Å². The van der Waals surface area contributed by atoms with Gasteiger partial charge < -0.3 is 11.1 Å². The van der Waals surface area contributed by atoms with E-state index in [1.165, 1.54) is 0 Å². The van der Waals surface area contributed by atoms with Crippen LogP contribution in [0.4, 0.5) is 11.4 Å². The van der Waals surface area contributed by atoms with Crippen LogP contribution >= 0.6 is 0 Å². The Balaban J connectivity index is 1.89. The van der Waals surface area contributed by atoms with Gasteiger partial charge in [0, 0.05) is 41.0 Å². The normalized spacial score (nSPS) is 10.8. The number of H-pyrrole nitrogens is 1. The van der Waals surface area contributed by atoms with Gasteiger partial charge in [0.15, 0.2) is 0 Å². The molecule has 5 heteroatoms. The van der Waals surface area contributed by atoms with Crippen molar-refractivity contribution < 1.29 is 0 Å². The number of aromatic amines is 1. The summed E-state index contributed by atoms with van der Waals surface area (Å²) in [7, 11) is 0. The SMILES string of the molecule is Cc1[nH]ncc1CNc1ccc2cnccc2c1N. The minimum atomic E-state index is 0.698. The molecule has 2 aromatic heterocycles. The molecule has 0 bridgehead atoms. The lowest BCUT2D eigenvalue weighted by molar-refractivity contribution is 1.04. The molecule has 0 fully saturated rings. The third kappa shape index (κ3) is 2.10. The standard InChI is InChI=1S/C14H15N5/c1-9-11(8-18-19-9)7-17-13-3-2-10-6-16-5-4-12(10)14(13)15/h2-6,8,17H,7,15H2,1H3,(H,18,19). The molecule has 0 saturated carbocycles. The van der Waals surface area contributed by atoms with E-state index in [4.69, 9.17) is 5.73 Å². The van der Waals surface area contributed by atoms with Crippen LogP contribution in [0.2, 0.25) is 0 Å². The lowest BCUT2D eigenvalue weighted by Crippen LogP contribution is -2.03. The summed E-state index contributed by atoms with van der Waals surface area (Å²) in [5.74, 6) is 0. The first-order valence-corrected chi connectivity index (χ1v) is 6.10. The summed E-state index contributed by atoms with van der Waals surface area (Å²) in [4.78, 5) is 4.09. The Hall–Kier alpha value is -2.56. The largest absolute Gasteiger partial charge is 0.397 e. The molecular weight excluding hydrogens is 238 g/mol. The van der Waals surface area contributed by atoms with Crippen LogP contribution in [-0.2, 0) is 6.54 Å². The van der Waals surface area contributed by atoms with Crippen molar-refractivity contribution in [2.24, 2.45) is 0 Å². The predicted octanol–water partition coefficient (Wildman–Crippen LogP) is 2.46. The molecule has 0 aliphatic carbocycles. The average Bonchev–Trinajstić information content (AvgIpc) is 2.84. The summed E-state index contributed by atoms with van der Waals surface area (Å²) < 4.78 is 0. The summed E-state index contributed by atoms with van der Waals surface area (Å²) >= 11 is 0. The zero-order valence-electron chi connectivity index (χ0n) is 10.6. The predicted molar refractivity (Wildman–Crippen MR) is 76.8 cm³/mol. The number of aryl methyl sites for hydroxylation is 1. The maximum atomic E-state index is 6.18. The molecule has 0 saturated heterocycles. The molecule has 1 aromatic carbocycles. The first-order valence-electron chi connectivity index (χ1n) is 6.10. The van der Waals surface area contributed by atoms with Gasteiger partial charge >= 0.3 is 0 Å². The van der Waals surface area contributed by atoms with Crippen molar-refractivity contribution in [2.75, 3.05) is 11.1 Å². The van der Waals surface area contributed by atoms with Crippen LogP contribution in [0.25, 0.3) is 10.8 Å². The highest BCUT2D eigenvalue weighted by molar-refractivity contribution is 5.98. The number of benzene rings is 1. The maximum absolute atomic E-state index is 6.18. The number of aromatic nitrogens is 3. The minimum Gasteiger partial charge on any atom is -0.397 e. The number of anilines is 2. The number of nitrogens with two attached hydrogens (primary N) is 1. The highest BCUT2D eigenvalue weighted by Gasteiger charge is 2.05. The van der Waals surface area contributed by atoms with Crippen molar-refractivity contribution in [3.63, 3.8) is 0 Å². The number of hydrogen-bond acceptors (Lipinski definition) is 4. The zero-order valence-corrected chi connectivity index (χ0v) is 10.6. The second kappa shape index (κ2) is 4.61. The molecule has 0 amide bonds. The number of nitrogens with zero attached hydrogens (tertiary/aromatic N) is 2. The molecule has 0 radical (unpaired) electrons. The lowest BCUT2D eigenvalue weighted by atomic mass is 10.1. The van der Waals surface area contributed by atoms with Crippen LogP contribution in [0.15, 0.2) is 36.8 Å². The molecule has 4 N–H and O–H groups in total. The Labute approximate surface area is 110 Å². The van der Waals surface area contributed by atoms with Gasteiger partial charge in [0.2, 0.25) is 0 Å². The molecular formula is C14H15N5. The summed E-state index contributed by atoms with van der Waals surface area (Å²) in [6.07, 6.45) is 5.39. The van der Waals surface area contributed by atoms with E-state index in [0.717, 1.165) is 33.4 Å². The van der Waals surface area contributed by atoms with Crippen LogP contribution < -0.4 is 11.1 Å². The van der Waals surface area contributed by atoms with E-state index in [9.17, 15) is 0 Å². The van der Waals surface area contributed by atoms with Gasteiger partial charge in [-0.3, -0.25) is 10.1 Å². The third-order valence-electron chi connectivity index (χ3n) is 3.27. The van der Waals surface area contributed by atoms with Crippen molar-refractivity contribution in [1.29, 1.82) is 0 Å². The molecule has 3 aromatic rings. The monoisotopic (exact) mass is 253 g/mol. The van der Waals surface area contributed by atoms with Crippen molar-refractivity contribution in [3.8, 4) is 0 Å². The second-order valence-corrected chi connectivity index (χ2v) is 4.50. The number of pyridine rings is 1. The third-order valence-corrected chi connectivity index (χ3v) is 3.27. The Kier molecular flexibility index (Phi) is 2.79. The Morgan fingerprint density at radius 1 is 1.26 bits per heavy atom. The van der Waals surface area contributed by atoms with E-state index in [2.05, 4.69) is 20.5 Å². The number of nitrogens with one attached hydrogen (secondary N) is 2. The molecule has 2 heterocycles. The van der Waals surface area contributed by atoms with Crippen LogP contribution in [0, 0.1) is 6.92 Å². The Bertz CT molecular complexity index is 717. The summed E-state index contributed by atoms with van der Waals surface area (Å²) in [6.45, 7) is 2.70. The molecule has 0 spiro atoms. The van der Waals surface area contributed by atoms with Gasteiger partial charge in [-0.2, -0.15) is 5.10 Å². The number of rotatable bonds is 3. The van der Waals surface area contributed by atoms with Gasteiger partial charge in [-0.1, -0.05) is 6.07 Å². The van der Waals surface area contributed by atoms with E-state index < -0.39 is 0 Å². The molecule has 0 atom stereocenters. The van der Waals surface area contributed by atoms with E-state index in [1.54, 1.807) is 6.20 Å². The van der Waals surface area contributed by atoms with Crippen LogP contribution in [0.1, 0.15) is 11.3 Å². The van der Waals surface area contributed by atoms with Gasteiger partial charge in [0.05, 0.1) is 17.6 Å². The fraction of sp³-hybridized carbons (Fsp3) is 0.143. The van der Waals surface area contributed by atoms with E-state index in [1.807, 2.05) is 37.5 Å². The van der Waals surface area contributed by atoms with Gasteiger partial charge in [-0.25, -0.2) is 0 Å². The van der Waals surface area contributed by atoms with Crippen molar-refractivity contribution in [2.45, 2.75) is 13.5 Å². The fourth-order valence-electron chi connectivity index (χ4n) is 2.09. The van der Waals surface area contributed by atoms with Crippen molar-refractivity contribution in [3.05, 3.63) is 48.0 Å². The van der Waals surface area contributed by atoms with Crippen LogP contribution in [-0.4, -0.2) is 15.2 Å². The molecule has 19 heavy (non-hydrogen) atoms. The summed E-state index contributed by atoms with van der Waals surface area (Å²) in [5.41, 5.74) is 10.1. The average molecular weight is 253 g/mol. The highest BCUT2D eigenvalue weighted by Crippen LogP contribution is 2.28. The van der Waals surface area contributed by atoms with Gasteiger partial charge in [-0.05, 0) is 19.1 Å². The molecule has 0 aliphatic rings. The highest BCUT2D eigenvalue weighted by atomic mass is 15.1. The van der Waals surface area contributed by atoms with E-state index >= 15 is 0 Å². The number of hydrogen-bond donors (Lipinski definition) is 3. The van der Waals surface area contributed by atoms with E-state index in [-0.39, 0.29) is 0 Å². The molecule has 3 rings (SSSR count). The van der Waals surface area contributed by atoms with E-state index in [0.29, 0.717) is 6.54 Å². The minimum absolute atomic E-state index is 0.698.